The summed E-state index contributed by atoms with van der Waals surface area (Å²) in [4.78, 5) is 25.3. The van der Waals surface area contributed by atoms with Gasteiger partial charge in [-0.1, -0.05) is 0 Å². The van der Waals surface area contributed by atoms with Crippen LogP contribution in [0.5, 0.6) is 5.75 Å². The first kappa shape index (κ1) is 7.66. The van der Waals surface area contributed by atoms with Crippen molar-refractivity contribution in [3.63, 3.8) is 0 Å². The lowest BCUT2D eigenvalue weighted by Crippen LogP contribution is -2.00. The maximum atomic E-state index is 12.6. The van der Waals surface area contributed by atoms with Crippen LogP contribution in [0.15, 0.2) is 12.1 Å². The first-order chi connectivity index (χ1) is 6.11. The van der Waals surface area contributed by atoms with Gasteiger partial charge >= 0.3 is 11.7 Å². The Hall–Kier alpha value is -1.98. The number of halogens is 1. The van der Waals surface area contributed by atoms with E-state index in [1.54, 1.807) is 0 Å². The monoisotopic (exact) mass is 183 g/mol. The minimum atomic E-state index is -1.13. The highest BCUT2D eigenvalue weighted by atomic mass is 19.1. The summed E-state index contributed by atoms with van der Waals surface area (Å²) in [6, 6.07) is 1.86. The Labute approximate surface area is 70.9 Å². The van der Waals surface area contributed by atoms with E-state index in [2.05, 4.69) is 4.84 Å². The largest absolute Gasteiger partial charge is 0.866 e. The number of carbonyl (C=O) groups is 1. The molecule has 0 saturated carbocycles. The van der Waals surface area contributed by atoms with Crippen molar-refractivity contribution in [1.29, 1.82) is 0 Å². The molecule has 0 radical (unpaired) electrons. The fraction of sp³-hybridized carbons (Fsp3) is 0. The first-order valence-electron chi connectivity index (χ1n) is 3.30. The Balaban J connectivity index is 2.78. The van der Waals surface area contributed by atoms with Gasteiger partial charge in [-0.25, -0.2) is 9.18 Å². The van der Waals surface area contributed by atoms with E-state index in [4.69, 9.17) is 0 Å². The van der Waals surface area contributed by atoms with E-state index < -0.39 is 23.2 Å². The maximum Gasteiger partial charge on any atom is 0.423 e. The number of hydrogen-bond acceptors (Lipinski definition) is 4. The molecule has 2 rings (SSSR count). The first-order valence-corrected chi connectivity index (χ1v) is 3.30. The van der Waals surface area contributed by atoms with E-state index in [1.807, 2.05) is 0 Å². The van der Waals surface area contributed by atoms with E-state index in [-0.39, 0.29) is 10.5 Å². The standard InChI is InChI=1S/C7H2FNO4/c8-4-2-1-3-5(6(4)10)9(12)13-7(3)11/h1-2H. The van der Waals surface area contributed by atoms with Crippen LogP contribution in [-0.4, -0.2) is 10.9 Å². The molecule has 0 N–H and O–H groups in total. The lowest BCUT2D eigenvalue weighted by molar-refractivity contribution is -0.708. The van der Waals surface area contributed by atoms with Crippen LogP contribution in [0, 0.1) is 10.7 Å². The minimum Gasteiger partial charge on any atom is -0.866 e. The topological polar surface area (TPSA) is 69.4 Å². The number of rotatable bonds is 0. The van der Waals surface area contributed by atoms with Crippen LogP contribution in [0.1, 0.15) is 10.4 Å². The van der Waals surface area contributed by atoms with Crippen LogP contribution in [-0.2, 0) is 4.84 Å². The second-order valence-corrected chi connectivity index (χ2v) is 2.41. The summed E-state index contributed by atoms with van der Waals surface area (Å²) in [5.74, 6) is -3.15. The van der Waals surface area contributed by atoms with E-state index in [1.165, 1.54) is 0 Å². The van der Waals surface area contributed by atoms with Crippen LogP contribution in [0.3, 0.4) is 0 Å². The molecule has 0 saturated heterocycles. The fourth-order valence-electron chi connectivity index (χ4n) is 1.06. The van der Waals surface area contributed by atoms with Gasteiger partial charge in [0.1, 0.15) is 11.4 Å². The van der Waals surface area contributed by atoms with Gasteiger partial charge in [0.2, 0.25) is 0 Å². The van der Waals surface area contributed by atoms with Crippen LogP contribution >= 0.6 is 0 Å². The molecule has 1 aromatic rings. The molecule has 6 heteroatoms. The smallest absolute Gasteiger partial charge is 0.423 e. The molecule has 0 bridgehead atoms. The van der Waals surface area contributed by atoms with E-state index >= 15 is 0 Å². The zero-order valence-electron chi connectivity index (χ0n) is 6.11. The molecule has 13 heavy (non-hydrogen) atoms. The van der Waals surface area contributed by atoms with Crippen molar-refractivity contribution < 1.29 is 24.1 Å². The predicted octanol–water partition coefficient (Wildman–Crippen LogP) is 0.395. The van der Waals surface area contributed by atoms with Crippen LogP contribution in [0.4, 0.5) is 10.1 Å². The quantitative estimate of drug-likeness (QED) is 0.583. The average Bonchev–Trinajstić information content (AvgIpc) is 2.35. The third-order valence-electron chi connectivity index (χ3n) is 1.65. The van der Waals surface area contributed by atoms with Crippen LogP contribution in [0.2, 0.25) is 0 Å². The highest BCUT2D eigenvalue weighted by molar-refractivity contribution is 5.96. The Morgan fingerprint density at radius 2 is 2.15 bits per heavy atom. The van der Waals surface area contributed by atoms with E-state index in [0.717, 1.165) is 12.1 Å². The van der Waals surface area contributed by atoms with Crippen molar-refractivity contribution in [2.75, 3.05) is 0 Å². The van der Waals surface area contributed by atoms with Gasteiger partial charge in [0, 0.05) is 5.75 Å². The van der Waals surface area contributed by atoms with Gasteiger partial charge in [0.15, 0.2) is 0 Å². The van der Waals surface area contributed by atoms with Crippen molar-refractivity contribution >= 4 is 11.7 Å². The summed E-state index contributed by atoms with van der Waals surface area (Å²) >= 11 is 0. The highest BCUT2D eigenvalue weighted by Gasteiger charge is 2.40. The number of carbonyl (C=O) groups excluding carboxylic acids is 1. The summed E-state index contributed by atoms with van der Waals surface area (Å²) in [5, 5.41) is 11.0. The van der Waals surface area contributed by atoms with Gasteiger partial charge in [0.05, 0.1) is 4.91 Å². The zero-order chi connectivity index (χ0) is 9.59. The lowest BCUT2D eigenvalue weighted by Gasteiger charge is -2.02. The van der Waals surface area contributed by atoms with Crippen molar-refractivity contribution in [2.24, 2.45) is 0 Å². The maximum absolute atomic E-state index is 12.6. The average molecular weight is 183 g/mol. The Morgan fingerprint density at radius 1 is 1.46 bits per heavy atom. The van der Waals surface area contributed by atoms with Crippen molar-refractivity contribution in [3.05, 3.63) is 28.4 Å². The molecule has 1 aliphatic rings. The summed E-state index contributed by atoms with van der Waals surface area (Å²) in [5.41, 5.74) is -0.800. The molecule has 0 aromatic heterocycles. The molecule has 0 fully saturated rings. The Bertz CT molecular complexity index is 429. The van der Waals surface area contributed by atoms with E-state index in [9.17, 15) is 19.2 Å². The lowest BCUT2D eigenvalue weighted by atomic mass is 10.2. The number of fused-ring (bicyclic) bond motifs is 1. The molecule has 5 nitrogen and oxygen atoms in total. The molecule has 1 aliphatic heterocycles. The molecule has 1 aromatic carbocycles. The van der Waals surface area contributed by atoms with Gasteiger partial charge in [-0.2, -0.15) is 0 Å². The fourth-order valence-corrected chi connectivity index (χ4v) is 1.06. The Morgan fingerprint density at radius 3 is 2.85 bits per heavy atom. The van der Waals surface area contributed by atoms with Crippen molar-refractivity contribution in [2.45, 2.75) is 0 Å². The molecule has 0 unspecified atom stereocenters. The van der Waals surface area contributed by atoms with Gasteiger partial charge in [-0.15, -0.1) is 4.84 Å². The molecule has 0 aliphatic carbocycles. The molecule has 66 valence electrons. The normalized spacial score (nSPS) is 14.2. The van der Waals surface area contributed by atoms with Gasteiger partial charge in [-0.3, -0.25) is 0 Å². The molecular weight excluding hydrogens is 181 g/mol. The van der Waals surface area contributed by atoms with Crippen molar-refractivity contribution in [3.8, 4) is 5.75 Å². The summed E-state index contributed by atoms with van der Waals surface area (Å²) < 4.78 is 12.6. The third kappa shape index (κ3) is 0.883. The minimum absolute atomic E-state index is 0.207. The summed E-state index contributed by atoms with van der Waals surface area (Å²) in [6.45, 7) is 0. The predicted molar refractivity (Wildman–Crippen MR) is 34.5 cm³/mol. The zero-order valence-corrected chi connectivity index (χ0v) is 6.11. The molecule has 1 heterocycles. The number of hydrogen-bond donors (Lipinski definition) is 0. The van der Waals surface area contributed by atoms with Crippen molar-refractivity contribution in [1.82, 2.24) is 0 Å². The SMILES string of the molecule is O=C1O[N+](=O)c2c1ccc(F)c2[O-]. The molecule has 0 atom stereocenters. The second kappa shape index (κ2) is 2.25. The second-order valence-electron chi connectivity index (χ2n) is 2.41. The summed E-state index contributed by atoms with van der Waals surface area (Å²) in [7, 11) is 0. The Kier molecular flexibility index (Phi) is 1.33. The van der Waals surface area contributed by atoms with Gasteiger partial charge in [0.25, 0.3) is 4.92 Å². The summed E-state index contributed by atoms with van der Waals surface area (Å²) in [6.07, 6.45) is 0. The van der Waals surface area contributed by atoms with Crippen LogP contribution in [0.25, 0.3) is 0 Å². The number of nitrogens with zero attached hydrogens (tertiary/aromatic N) is 1. The number of benzene rings is 1. The molecule has 0 spiro atoms. The molecule has 0 amide bonds. The van der Waals surface area contributed by atoms with E-state index in [0.29, 0.717) is 0 Å². The molecular formula is C7H2FNO4. The van der Waals surface area contributed by atoms with Crippen LogP contribution < -0.4 is 5.11 Å². The highest BCUT2D eigenvalue weighted by Crippen LogP contribution is 2.35. The van der Waals surface area contributed by atoms with Gasteiger partial charge < -0.3 is 5.11 Å². The van der Waals surface area contributed by atoms with Gasteiger partial charge in [-0.05, 0) is 12.1 Å². The third-order valence-corrected chi connectivity index (χ3v) is 1.65.